The van der Waals surface area contributed by atoms with Crippen LogP contribution in [-0.4, -0.2) is 60.0 Å². The molecule has 0 bridgehead atoms. The number of nitrogens with zero attached hydrogens (tertiary/aromatic N) is 5. The van der Waals surface area contributed by atoms with Crippen LogP contribution in [-0.2, 0) is 11.8 Å². The number of benzene rings is 1. The SMILES string of the molecule is Cn1nccc1[C@@H]1OCC[C@H]1CN=C(N)N1CCN(c2ccc(F)cc2)CC1.I. The Labute approximate surface area is 187 Å². The maximum absolute atomic E-state index is 13.1. The molecular weight excluding hydrogens is 486 g/mol. The summed E-state index contributed by atoms with van der Waals surface area (Å²) in [6.45, 7) is 4.68. The first-order valence-electron chi connectivity index (χ1n) is 9.76. The highest BCUT2D eigenvalue weighted by molar-refractivity contribution is 14.0. The van der Waals surface area contributed by atoms with Crippen LogP contribution in [0.3, 0.4) is 0 Å². The molecule has 2 aromatic rings. The third-order valence-corrected chi connectivity index (χ3v) is 5.65. The molecule has 2 fully saturated rings. The Morgan fingerprint density at radius 1 is 1.21 bits per heavy atom. The fourth-order valence-electron chi connectivity index (χ4n) is 3.97. The number of aliphatic imine (C=N–C) groups is 1. The summed E-state index contributed by atoms with van der Waals surface area (Å²) in [4.78, 5) is 9.03. The highest BCUT2D eigenvalue weighted by Gasteiger charge is 2.31. The summed E-state index contributed by atoms with van der Waals surface area (Å²) in [7, 11) is 1.94. The monoisotopic (exact) mass is 514 g/mol. The average Bonchev–Trinajstić information content (AvgIpc) is 3.35. The molecule has 2 N–H and O–H groups in total. The van der Waals surface area contributed by atoms with Crippen molar-refractivity contribution >= 4 is 35.6 Å². The molecule has 1 aromatic carbocycles. The Morgan fingerprint density at radius 2 is 1.93 bits per heavy atom. The lowest BCUT2D eigenvalue weighted by Gasteiger charge is -2.36. The summed E-state index contributed by atoms with van der Waals surface area (Å²) in [6, 6.07) is 8.65. The molecule has 4 rings (SSSR count). The fraction of sp³-hybridized carbons (Fsp3) is 0.500. The lowest BCUT2D eigenvalue weighted by molar-refractivity contribution is 0.0858. The van der Waals surface area contributed by atoms with E-state index in [4.69, 9.17) is 10.5 Å². The van der Waals surface area contributed by atoms with Crippen LogP contribution in [0, 0.1) is 11.7 Å². The number of halogens is 2. The standard InChI is InChI=1S/C20H27FN6O.HI/c1-25-18(6-8-24-25)19-15(7-13-28-19)14-23-20(22)27-11-9-26(10-12-27)17-4-2-16(21)3-5-17;/h2-6,8,15,19H,7,9-14H2,1H3,(H2,22,23);1H/t15-,19+;/m0./s1. The van der Waals surface area contributed by atoms with Gasteiger partial charge in [-0.1, -0.05) is 0 Å². The van der Waals surface area contributed by atoms with Crippen molar-refractivity contribution in [3.05, 3.63) is 48.0 Å². The van der Waals surface area contributed by atoms with Crippen molar-refractivity contribution in [2.75, 3.05) is 44.2 Å². The van der Waals surface area contributed by atoms with E-state index in [1.54, 1.807) is 6.20 Å². The van der Waals surface area contributed by atoms with Crippen molar-refractivity contribution < 1.29 is 9.13 Å². The number of piperazine rings is 1. The molecule has 0 saturated carbocycles. The third-order valence-electron chi connectivity index (χ3n) is 5.65. The van der Waals surface area contributed by atoms with E-state index in [-0.39, 0.29) is 35.9 Å². The van der Waals surface area contributed by atoms with Gasteiger partial charge in [-0.3, -0.25) is 9.67 Å². The number of ether oxygens (including phenoxy) is 1. The molecule has 0 amide bonds. The second kappa shape index (κ2) is 9.75. The Morgan fingerprint density at radius 3 is 2.59 bits per heavy atom. The fourth-order valence-corrected chi connectivity index (χ4v) is 3.97. The van der Waals surface area contributed by atoms with Gasteiger partial charge in [0.25, 0.3) is 0 Å². The summed E-state index contributed by atoms with van der Waals surface area (Å²) < 4.78 is 20.9. The molecule has 158 valence electrons. The molecule has 0 radical (unpaired) electrons. The summed E-state index contributed by atoms with van der Waals surface area (Å²) >= 11 is 0. The van der Waals surface area contributed by atoms with Crippen LogP contribution in [0.1, 0.15) is 18.2 Å². The van der Waals surface area contributed by atoms with Gasteiger partial charge in [-0.15, -0.1) is 24.0 Å². The lowest BCUT2D eigenvalue weighted by Crippen LogP contribution is -2.51. The molecule has 2 saturated heterocycles. The molecule has 0 unspecified atom stereocenters. The van der Waals surface area contributed by atoms with E-state index in [1.165, 1.54) is 12.1 Å². The molecule has 7 nitrogen and oxygen atoms in total. The molecule has 2 atom stereocenters. The van der Waals surface area contributed by atoms with E-state index in [0.717, 1.165) is 50.6 Å². The van der Waals surface area contributed by atoms with Gasteiger partial charge in [0, 0.05) is 64.2 Å². The lowest BCUT2D eigenvalue weighted by atomic mass is 9.99. The van der Waals surface area contributed by atoms with Crippen molar-refractivity contribution in [3.8, 4) is 0 Å². The summed E-state index contributed by atoms with van der Waals surface area (Å²) in [5.41, 5.74) is 8.40. The number of rotatable bonds is 4. The van der Waals surface area contributed by atoms with Crippen LogP contribution in [0.5, 0.6) is 0 Å². The quantitative estimate of drug-likeness (QED) is 0.386. The first kappa shape index (κ1) is 21.8. The average molecular weight is 514 g/mol. The van der Waals surface area contributed by atoms with Gasteiger partial charge in [-0.25, -0.2) is 4.39 Å². The van der Waals surface area contributed by atoms with Gasteiger partial charge in [0.05, 0.1) is 5.69 Å². The molecule has 3 heterocycles. The number of aromatic nitrogens is 2. The van der Waals surface area contributed by atoms with Crippen LogP contribution in [0.25, 0.3) is 0 Å². The normalized spacial score (nSPS) is 22.6. The Hall–Kier alpha value is -1.88. The smallest absolute Gasteiger partial charge is 0.191 e. The van der Waals surface area contributed by atoms with Crippen LogP contribution in [0.4, 0.5) is 10.1 Å². The zero-order valence-electron chi connectivity index (χ0n) is 16.6. The summed E-state index contributed by atoms with van der Waals surface area (Å²) in [5.74, 6) is 0.697. The first-order chi connectivity index (χ1) is 13.6. The first-order valence-corrected chi connectivity index (χ1v) is 9.76. The minimum absolute atomic E-state index is 0. The van der Waals surface area contributed by atoms with Gasteiger partial charge in [0.15, 0.2) is 5.96 Å². The van der Waals surface area contributed by atoms with Gasteiger partial charge < -0.3 is 20.3 Å². The van der Waals surface area contributed by atoms with Crippen molar-refractivity contribution in [1.82, 2.24) is 14.7 Å². The maximum atomic E-state index is 13.1. The molecule has 0 spiro atoms. The molecule has 9 heteroatoms. The highest BCUT2D eigenvalue weighted by atomic mass is 127. The molecule has 2 aliphatic heterocycles. The minimum atomic E-state index is -0.209. The highest BCUT2D eigenvalue weighted by Crippen LogP contribution is 2.34. The second-order valence-electron chi connectivity index (χ2n) is 7.37. The van der Waals surface area contributed by atoms with Gasteiger partial charge in [-0.2, -0.15) is 5.10 Å². The Kier molecular flexibility index (Phi) is 7.33. The second-order valence-corrected chi connectivity index (χ2v) is 7.37. The predicted molar refractivity (Wildman–Crippen MR) is 122 cm³/mol. The van der Waals surface area contributed by atoms with Crippen molar-refractivity contribution in [2.45, 2.75) is 12.5 Å². The zero-order chi connectivity index (χ0) is 19.5. The van der Waals surface area contributed by atoms with E-state index in [9.17, 15) is 4.39 Å². The van der Waals surface area contributed by atoms with E-state index in [2.05, 4.69) is 19.9 Å². The van der Waals surface area contributed by atoms with Gasteiger partial charge >= 0.3 is 0 Å². The number of hydrogen-bond acceptors (Lipinski definition) is 4. The summed E-state index contributed by atoms with van der Waals surface area (Å²) in [6.07, 6.45) is 2.80. The zero-order valence-corrected chi connectivity index (χ0v) is 18.9. The van der Waals surface area contributed by atoms with Crippen LogP contribution in [0.15, 0.2) is 41.5 Å². The third kappa shape index (κ3) is 5.00. The van der Waals surface area contributed by atoms with Crippen molar-refractivity contribution in [2.24, 2.45) is 23.7 Å². The van der Waals surface area contributed by atoms with Crippen LogP contribution >= 0.6 is 24.0 Å². The Balaban J connectivity index is 0.00000240. The van der Waals surface area contributed by atoms with E-state index in [0.29, 0.717) is 18.4 Å². The van der Waals surface area contributed by atoms with Gasteiger partial charge in [0.1, 0.15) is 11.9 Å². The van der Waals surface area contributed by atoms with Crippen molar-refractivity contribution in [3.63, 3.8) is 0 Å². The molecule has 0 aliphatic carbocycles. The predicted octanol–water partition coefficient (Wildman–Crippen LogP) is 2.39. The largest absolute Gasteiger partial charge is 0.372 e. The molecule has 1 aromatic heterocycles. The van der Waals surface area contributed by atoms with Crippen LogP contribution in [0.2, 0.25) is 0 Å². The number of guanidine groups is 1. The van der Waals surface area contributed by atoms with Crippen LogP contribution < -0.4 is 10.6 Å². The topological polar surface area (TPSA) is 71.9 Å². The van der Waals surface area contributed by atoms with E-state index < -0.39 is 0 Å². The van der Waals surface area contributed by atoms with Gasteiger partial charge in [0.2, 0.25) is 0 Å². The molecular formula is C20H28FIN6O. The number of anilines is 1. The maximum Gasteiger partial charge on any atom is 0.191 e. The number of hydrogen-bond donors (Lipinski definition) is 1. The van der Waals surface area contributed by atoms with Gasteiger partial charge in [-0.05, 0) is 36.8 Å². The number of aryl methyl sites for hydroxylation is 1. The van der Waals surface area contributed by atoms with E-state index >= 15 is 0 Å². The minimum Gasteiger partial charge on any atom is -0.372 e. The summed E-state index contributed by atoms with van der Waals surface area (Å²) in [5, 5.41) is 4.24. The number of nitrogens with two attached hydrogens (primary N) is 1. The molecule has 2 aliphatic rings. The van der Waals surface area contributed by atoms with E-state index in [1.807, 2.05) is 29.9 Å². The Bertz CT molecular complexity index is 819. The van der Waals surface area contributed by atoms with Crippen molar-refractivity contribution in [1.29, 1.82) is 0 Å². The molecule has 29 heavy (non-hydrogen) atoms.